The lowest BCUT2D eigenvalue weighted by atomic mass is 9.97. The van der Waals surface area contributed by atoms with Crippen molar-refractivity contribution in [2.75, 3.05) is 20.8 Å². The molecule has 0 saturated heterocycles. The molecule has 0 spiro atoms. The molecule has 0 bridgehead atoms. The summed E-state index contributed by atoms with van der Waals surface area (Å²) in [5.74, 6) is 1.71. The van der Waals surface area contributed by atoms with Gasteiger partial charge in [-0.25, -0.2) is 0 Å². The van der Waals surface area contributed by atoms with Crippen LogP contribution in [0.15, 0.2) is 17.3 Å². The summed E-state index contributed by atoms with van der Waals surface area (Å²) in [6, 6.07) is 3.93. The number of amidine groups is 1. The topological polar surface area (TPSA) is 80.3 Å². The summed E-state index contributed by atoms with van der Waals surface area (Å²) in [5.41, 5.74) is 8.12. The van der Waals surface area contributed by atoms with Crippen molar-refractivity contribution >= 4 is 5.84 Å². The first-order valence-corrected chi connectivity index (χ1v) is 6.56. The van der Waals surface area contributed by atoms with Crippen molar-refractivity contribution in [3.8, 4) is 11.5 Å². The van der Waals surface area contributed by atoms with Crippen LogP contribution in [0.3, 0.4) is 0 Å². The maximum atomic E-state index is 8.78. The largest absolute Gasteiger partial charge is 0.493 e. The molecule has 3 N–H and O–H groups in total. The number of hydrogen-bond acceptors (Lipinski definition) is 5. The van der Waals surface area contributed by atoms with Gasteiger partial charge >= 0.3 is 0 Å². The van der Waals surface area contributed by atoms with Gasteiger partial charge in [0.05, 0.1) is 20.3 Å². The van der Waals surface area contributed by atoms with Gasteiger partial charge in [-0.2, -0.15) is 0 Å². The van der Waals surface area contributed by atoms with Gasteiger partial charge in [-0.3, -0.25) is 4.90 Å². The molecule has 0 fully saturated rings. The smallest absolute Gasteiger partial charge is 0.161 e. The minimum atomic E-state index is -0.0961. The zero-order valence-electron chi connectivity index (χ0n) is 12.1. The van der Waals surface area contributed by atoms with Crippen molar-refractivity contribution in [3.05, 3.63) is 23.3 Å². The van der Waals surface area contributed by atoms with Crippen molar-refractivity contribution in [1.29, 1.82) is 0 Å². The minimum absolute atomic E-state index is 0.0961. The molecule has 6 heteroatoms. The second-order valence-corrected chi connectivity index (χ2v) is 4.90. The number of nitrogens with two attached hydrogens (primary N) is 1. The van der Waals surface area contributed by atoms with Gasteiger partial charge in [-0.05, 0) is 36.6 Å². The Hall–Kier alpha value is -1.95. The fourth-order valence-corrected chi connectivity index (χ4v) is 2.51. The molecule has 1 aliphatic rings. The van der Waals surface area contributed by atoms with Crippen LogP contribution in [0.25, 0.3) is 0 Å². The molecule has 20 heavy (non-hydrogen) atoms. The molecule has 1 unspecified atom stereocenters. The van der Waals surface area contributed by atoms with Crippen LogP contribution in [0.1, 0.15) is 18.1 Å². The molecule has 110 valence electrons. The van der Waals surface area contributed by atoms with Crippen LogP contribution in [0.4, 0.5) is 0 Å². The van der Waals surface area contributed by atoms with Crippen molar-refractivity contribution < 1.29 is 14.7 Å². The molecule has 0 aromatic heterocycles. The van der Waals surface area contributed by atoms with Crippen LogP contribution in [0.5, 0.6) is 11.5 Å². The van der Waals surface area contributed by atoms with E-state index >= 15 is 0 Å². The lowest BCUT2D eigenvalue weighted by Gasteiger charge is -2.33. The molecule has 1 aromatic rings. The lowest BCUT2D eigenvalue weighted by Crippen LogP contribution is -2.45. The number of rotatable bonds is 4. The molecule has 1 atom stereocenters. The van der Waals surface area contributed by atoms with Crippen molar-refractivity contribution in [2.45, 2.75) is 25.9 Å². The van der Waals surface area contributed by atoms with Gasteiger partial charge in [0.2, 0.25) is 0 Å². The summed E-state index contributed by atoms with van der Waals surface area (Å²) >= 11 is 0. The molecule has 0 amide bonds. The van der Waals surface area contributed by atoms with E-state index < -0.39 is 0 Å². The summed E-state index contributed by atoms with van der Waals surface area (Å²) in [6.45, 7) is 3.54. The highest BCUT2D eigenvalue weighted by Crippen LogP contribution is 2.33. The Labute approximate surface area is 118 Å². The van der Waals surface area contributed by atoms with E-state index in [1.807, 2.05) is 19.1 Å². The third-order valence-electron chi connectivity index (χ3n) is 3.84. The zero-order chi connectivity index (χ0) is 14.7. The first kappa shape index (κ1) is 14.5. The Bertz CT molecular complexity index is 517. The normalized spacial score (nSPS) is 17.4. The van der Waals surface area contributed by atoms with E-state index in [9.17, 15) is 0 Å². The number of fused-ring (bicyclic) bond motifs is 1. The van der Waals surface area contributed by atoms with Crippen LogP contribution in [-0.4, -0.2) is 42.7 Å². The molecule has 0 aliphatic carbocycles. The van der Waals surface area contributed by atoms with Crippen LogP contribution in [0.2, 0.25) is 0 Å². The summed E-state index contributed by atoms with van der Waals surface area (Å²) in [5, 5.41) is 11.9. The Morgan fingerprint density at radius 1 is 1.30 bits per heavy atom. The average Bonchev–Trinajstić information content (AvgIpc) is 2.51. The fraction of sp³-hybridized carbons (Fsp3) is 0.500. The van der Waals surface area contributed by atoms with E-state index in [1.165, 1.54) is 11.1 Å². The second kappa shape index (κ2) is 6.00. The van der Waals surface area contributed by atoms with Gasteiger partial charge in [0.1, 0.15) is 0 Å². The molecule has 0 radical (unpaired) electrons. The second-order valence-electron chi connectivity index (χ2n) is 4.90. The quantitative estimate of drug-likeness (QED) is 0.374. The van der Waals surface area contributed by atoms with Crippen molar-refractivity contribution in [3.63, 3.8) is 0 Å². The van der Waals surface area contributed by atoms with Gasteiger partial charge in [0.15, 0.2) is 17.3 Å². The van der Waals surface area contributed by atoms with Gasteiger partial charge in [-0.15, -0.1) is 0 Å². The Balaban J connectivity index is 2.25. The number of benzene rings is 1. The maximum Gasteiger partial charge on any atom is 0.161 e. The summed E-state index contributed by atoms with van der Waals surface area (Å²) < 4.78 is 10.7. The summed E-state index contributed by atoms with van der Waals surface area (Å²) in [4.78, 5) is 2.17. The molecule has 1 aliphatic heterocycles. The molecule has 6 nitrogen and oxygen atoms in total. The number of hydrogen-bond donors (Lipinski definition) is 2. The molecule has 0 saturated carbocycles. The number of methoxy groups -OCH3 is 2. The molecule has 2 rings (SSSR count). The van der Waals surface area contributed by atoms with E-state index in [0.717, 1.165) is 31.0 Å². The van der Waals surface area contributed by atoms with E-state index in [2.05, 4.69) is 10.1 Å². The number of nitrogens with zero attached hydrogens (tertiary/aromatic N) is 2. The lowest BCUT2D eigenvalue weighted by molar-refractivity contribution is 0.224. The SMILES string of the molecule is COc1cc2c(cc1OC)CN(C(C)C(N)=NO)CC2. The van der Waals surface area contributed by atoms with Gasteiger partial charge in [0.25, 0.3) is 0 Å². The van der Waals surface area contributed by atoms with Crippen LogP contribution < -0.4 is 15.2 Å². The third-order valence-corrected chi connectivity index (χ3v) is 3.84. The van der Waals surface area contributed by atoms with Gasteiger partial charge < -0.3 is 20.4 Å². The Kier molecular flexibility index (Phi) is 4.34. The number of ether oxygens (including phenoxy) is 2. The Morgan fingerprint density at radius 2 is 1.90 bits per heavy atom. The predicted octanol–water partition coefficient (Wildman–Crippen LogP) is 1.20. The highest BCUT2D eigenvalue weighted by Gasteiger charge is 2.24. The van der Waals surface area contributed by atoms with E-state index in [4.69, 9.17) is 20.4 Å². The average molecular weight is 279 g/mol. The third kappa shape index (κ3) is 2.65. The molecular weight excluding hydrogens is 258 g/mol. The van der Waals surface area contributed by atoms with Crippen LogP contribution in [0, 0.1) is 0 Å². The van der Waals surface area contributed by atoms with Crippen LogP contribution >= 0.6 is 0 Å². The predicted molar refractivity (Wildman–Crippen MR) is 76.5 cm³/mol. The van der Waals surface area contributed by atoms with Gasteiger partial charge in [-0.1, -0.05) is 5.16 Å². The van der Waals surface area contributed by atoms with Crippen molar-refractivity contribution in [2.24, 2.45) is 10.9 Å². The van der Waals surface area contributed by atoms with Crippen molar-refractivity contribution in [1.82, 2.24) is 4.90 Å². The molecule has 1 aromatic carbocycles. The standard InChI is InChI=1S/C14H21N3O3/c1-9(14(15)16-18)17-5-4-10-6-12(19-2)13(20-3)7-11(10)8-17/h6-7,9,18H,4-5,8H2,1-3H3,(H2,15,16). The highest BCUT2D eigenvalue weighted by molar-refractivity contribution is 5.84. The first-order valence-electron chi connectivity index (χ1n) is 6.56. The monoisotopic (exact) mass is 279 g/mol. The number of oxime groups is 1. The zero-order valence-corrected chi connectivity index (χ0v) is 12.1. The molecular formula is C14H21N3O3. The van der Waals surface area contributed by atoms with Crippen LogP contribution in [-0.2, 0) is 13.0 Å². The van der Waals surface area contributed by atoms with E-state index in [1.54, 1.807) is 14.2 Å². The van der Waals surface area contributed by atoms with E-state index in [0.29, 0.717) is 0 Å². The first-order chi connectivity index (χ1) is 9.60. The minimum Gasteiger partial charge on any atom is -0.493 e. The fourth-order valence-electron chi connectivity index (χ4n) is 2.51. The maximum absolute atomic E-state index is 8.78. The highest BCUT2D eigenvalue weighted by atomic mass is 16.5. The summed E-state index contributed by atoms with van der Waals surface area (Å²) in [6.07, 6.45) is 0.902. The van der Waals surface area contributed by atoms with Gasteiger partial charge in [0, 0.05) is 13.1 Å². The summed E-state index contributed by atoms with van der Waals surface area (Å²) in [7, 11) is 3.27. The van der Waals surface area contributed by atoms with E-state index in [-0.39, 0.29) is 11.9 Å². The Morgan fingerprint density at radius 3 is 2.45 bits per heavy atom. The molecule has 1 heterocycles.